The van der Waals surface area contributed by atoms with Crippen LogP contribution in [-0.2, 0) is 0 Å². The lowest BCUT2D eigenvalue weighted by Crippen LogP contribution is -2.24. The van der Waals surface area contributed by atoms with Crippen LogP contribution in [0.1, 0.15) is 12.0 Å². The average Bonchev–Trinajstić information content (AvgIpc) is 3.16. The number of aromatic nitrogens is 3. The average molecular weight is 370 g/mol. The Morgan fingerprint density at radius 2 is 2.08 bits per heavy atom. The maximum Gasteiger partial charge on any atom is 0.259 e. The van der Waals surface area contributed by atoms with Gasteiger partial charge in [-0.1, -0.05) is 29.4 Å². The molecule has 2 aromatic heterocycles. The van der Waals surface area contributed by atoms with Crippen LogP contribution in [0.4, 0.5) is 5.82 Å². The van der Waals surface area contributed by atoms with Crippen molar-refractivity contribution in [2.75, 3.05) is 23.9 Å². The van der Waals surface area contributed by atoms with E-state index in [1.165, 1.54) is 0 Å². The Kier molecular flexibility index (Phi) is 6.25. The van der Waals surface area contributed by atoms with Crippen molar-refractivity contribution < 1.29 is 9.63 Å². The number of aryl methyl sites for hydroxylation is 1. The van der Waals surface area contributed by atoms with Crippen molar-refractivity contribution in [3.8, 4) is 22.8 Å². The van der Waals surface area contributed by atoms with Crippen LogP contribution in [0.5, 0.6) is 0 Å². The van der Waals surface area contributed by atoms with Crippen molar-refractivity contribution >= 4 is 17.6 Å². The minimum atomic E-state index is -0.00290. The zero-order valence-electron chi connectivity index (χ0n) is 14.8. The molecule has 3 aromatic rings. The highest BCUT2D eigenvalue weighted by Crippen LogP contribution is 2.24. The Labute approximate surface area is 157 Å². The van der Waals surface area contributed by atoms with Gasteiger partial charge >= 0.3 is 0 Å². The highest BCUT2D eigenvalue weighted by atomic mass is 32.2. The predicted octanol–water partition coefficient (Wildman–Crippen LogP) is 3.63. The third-order valence-electron chi connectivity index (χ3n) is 4.07. The molecule has 6 nitrogen and oxygen atoms in total. The number of benzene rings is 1. The first kappa shape index (κ1) is 18.4. The van der Waals surface area contributed by atoms with Gasteiger partial charge in [-0.2, -0.15) is 16.7 Å². The first-order valence-electron chi connectivity index (χ1n) is 8.43. The molecule has 0 aliphatic carbocycles. The predicted molar refractivity (Wildman–Crippen MR) is 105 cm³/mol. The van der Waals surface area contributed by atoms with E-state index < -0.39 is 0 Å². The van der Waals surface area contributed by atoms with Crippen LogP contribution in [0.2, 0.25) is 0 Å². The molecule has 26 heavy (non-hydrogen) atoms. The van der Waals surface area contributed by atoms with Gasteiger partial charge in [0.15, 0.2) is 0 Å². The molecule has 0 radical (unpaired) electrons. The number of rotatable bonds is 8. The summed E-state index contributed by atoms with van der Waals surface area (Å²) >= 11 is 1.76. The van der Waals surface area contributed by atoms with E-state index in [9.17, 15) is 5.11 Å². The molecule has 0 amide bonds. The molecule has 0 bridgehead atoms. The first-order valence-corrected chi connectivity index (χ1v) is 9.83. The second-order valence-corrected chi connectivity index (χ2v) is 6.96. The maximum absolute atomic E-state index is 9.45. The Bertz CT molecular complexity index is 836. The van der Waals surface area contributed by atoms with Gasteiger partial charge in [0, 0.05) is 11.8 Å². The maximum atomic E-state index is 9.45. The fraction of sp³-hybridized carbons (Fsp3) is 0.316. The van der Waals surface area contributed by atoms with Gasteiger partial charge in [-0.15, -0.1) is 0 Å². The topological polar surface area (TPSA) is 84.1 Å². The lowest BCUT2D eigenvalue weighted by molar-refractivity contribution is 0.272. The fourth-order valence-corrected chi connectivity index (χ4v) is 3.08. The van der Waals surface area contributed by atoms with Gasteiger partial charge in [0.25, 0.3) is 5.89 Å². The summed E-state index contributed by atoms with van der Waals surface area (Å²) in [6.07, 6.45) is 4.63. The van der Waals surface area contributed by atoms with E-state index in [1.54, 1.807) is 18.0 Å². The molecule has 1 atom stereocenters. The van der Waals surface area contributed by atoms with Crippen LogP contribution in [0.3, 0.4) is 0 Å². The van der Waals surface area contributed by atoms with Crippen molar-refractivity contribution in [1.29, 1.82) is 0 Å². The molecule has 0 unspecified atom stereocenters. The Balaban J connectivity index is 1.72. The molecule has 7 heteroatoms. The van der Waals surface area contributed by atoms with E-state index >= 15 is 0 Å². The summed E-state index contributed by atoms with van der Waals surface area (Å²) in [5.41, 5.74) is 2.80. The van der Waals surface area contributed by atoms with Gasteiger partial charge in [-0.3, -0.25) is 0 Å². The summed E-state index contributed by atoms with van der Waals surface area (Å²) in [6, 6.07) is 11.7. The van der Waals surface area contributed by atoms with Crippen LogP contribution >= 0.6 is 11.8 Å². The lowest BCUT2D eigenvalue weighted by Gasteiger charge is -2.16. The van der Waals surface area contributed by atoms with Gasteiger partial charge in [0.2, 0.25) is 5.82 Å². The second-order valence-electron chi connectivity index (χ2n) is 5.98. The summed E-state index contributed by atoms with van der Waals surface area (Å²) < 4.78 is 5.39. The van der Waals surface area contributed by atoms with Crippen molar-refractivity contribution in [2.45, 2.75) is 19.4 Å². The van der Waals surface area contributed by atoms with Crippen LogP contribution in [0.15, 0.2) is 47.1 Å². The number of thioether (sulfide) groups is 1. The molecule has 0 fully saturated rings. The normalized spacial score (nSPS) is 12.1. The number of aliphatic hydroxyl groups excluding tert-OH is 1. The van der Waals surface area contributed by atoms with Crippen LogP contribution in [0, 0.1) is 6.92 Å². The molecule has 136 valence electrons. The van der Waals surface area contributed by atoms with Gasteiger partial charge < -0.3 is 14.9 Å². The van der Waals surface area contributed by atoms with E-state index in [1.807, 2.05) is 43.3 Å². The molecule has 0 saturated carbocycles. The number of aliphatic hydroxyl groups is 1. The van der Waals surface area contributed by atoms with E-state index in [2.05, 4.69) is 26.7 Å². The summed E-state index contributed by atoms with van der Waals surface area (Å²) in [5.74, 6) is 2.70. The molecular formula is C19H22N4O2S. The van der Waals surface area contributed by atoms with Crippen LogP contribution < -0.4 is 5.32 Å². The standard InChI is InChI=1S/C19H22N4O2S/c1-13-5-3-4-6-16(13)18-22-19(25-23-18)14-7-8-17(20-11-14)21-15(12-24)9-10-26-2/h3-8,11,15,24H,9-10,12H2,1-2H3,(H,20,21)/t15-/m0/s1. The van der Waals surface area contributed by atoms with Crippen molar-refractivity contribution in [3.05, 3.63) is 48.2 Å². The smallest absolute Gasteiger partial charge is 0.259 e. The summed E-state index contributed by atoms with van der Waals surface area (Å²) in [4.78, 5) is 8.87. The monoisotopic (exact) mass is 370 g/mol. The number of hydrogen-bond donors (Lipinski definition) is 2. The lowest BCUT2D eigenvalue weighted by atomic mass is 10.1. The quantitative estimate of drug-likeness (QED) is 0.626. The third kappa shape index (κ3) is 4.42. The van der Waals surface area contributed by atoms with Crippen LogP contribution in [-0.4, -0.2) is 44.9 Å². The van der Waals surface area contributed by atoms with Crippen LogP contribution in [0.25, 0.3) is 22.8 Å². The zero-order valence-corrected chi connectivity index (χ0v) is 15.7. The van der Waals surface area contributed by atoms with Gasteiger partial charge in [0.05, 0.1) is 18.2 Å². The van der Waals surface area contributed by atoms with Crippen molar-refractivity contribution in [3.63, 3.8) is 0 Å². The molecular weight excluding hydrogens is 348 g/mol. The highest BCUT2D eigenvalue weighted by Gasteiger charge is 2.13. The molecule has 0 aliphatic rings. The first-order chi connectivity index (χ1) is 12.7. The van der Waals surface area contributed by atoms with E-state index in [0.29, 0.717) is 17.5 Å². The van der Waals surface area contributed by atoms with E-state index in [-0.39, 0.29) is 12.6 Å². The fourth-order valence-electron chi connectivity index (χ4n) is 2.56. The van der Waals surface area contributed by atoms with E-state index in [4.69, 9.17) is 4.52 Å². The minimum absolute atomic E-state index is 0.00290. The largest absolute Gasteiger partial charge is 0.394 e. The Hall–Kier alpha value is -2.38. The molecule has 1 aromatic carbocycles. The number of nitrogens with zero attached hydrogens (tertiary/aromatic N) is 3. The number of anilines is 1. The van der Waals surface area contributed by atoms with E-state index in [0.717, 1.165) is 28.9 Å². The zero-order chi connectivity index (χ0) is 18.4. The molecule has 2 N–H and O–H groups in total. The van der Waals surface area contributed by atoms with Crippen molar-refractivity contribution in [2.24, 2.45) is 0 Å². The molecule has 3 rings (SSSR count). The Morgan fingerprint density at radius 3 is 2.77 bits per heavy atom. The van der Waals surface area contributed by atoms with Gasteiger partial charge in [0.1, 0.15) is 5.82 Å². The molecule has 2 heterocycles. The third-order valence-corrected chi connectivity index (χ3v) is 4.71. The minimum Gasteiger partial charge on any atom is -0.394 e. The number of pyridine rings is 1. The summed E-state index contributed by atoms with van der Waals surface area (Å²) in [6.45, 7) is 2.09. The summed E-state index contributed by atoms with van der Waals surface area (Å²) in [5, 5.41) is 16.8. The number of nitrogens with one attached hydrogen (secondary N) is 1. The van der Waals surface area contributed by atoms with Gasteiger partial charge in [-0.05, 0) is 43.0 Å². The SMILES string of the molecule is CSCC[C@@H](CO)Nc1ccc(-c2nc(-c3ccccc3C)no2)cn1. The molecule has 0 saturated heterocycles. The number of hydrogen-bond acceptors (Lipinski definition) is 7. The summed E-state index contributed by atoms with van der Waals surface area (Å²) in [7, 11) is 0. The van der Waals surface area contributed by atoms with Crippen molar-refractivity contribution in [1.82, 2.24) is 15.1 Å². The highest BCUT2D eigenvalue weighted by molar-refractivity contribution is 7.98. The second kappa shape index (κ2) is 8.82. The molecule has 0 spiro atoms. The Morgan fingerprint density at radius 1 is 1.23 bits per heavy atom. The molecule has 0 aliphatic heterocycles. The van der Waals surface area contributed by atoms with Gasteiger partial charge in [-0.25, -0.2) is 4.98 Å².